The Labute approximate surface area is 130 Å². The number of anilines is 2. The van der Waals surface area contributed by atoms with Crippen molar-refractivity contribution in [2.75, 3.05) is 16.3 Å². The molecule has 0 saturated heterocycles. The van der Waals surface area contributed by atoms with E-state index in [2.05, 4.69) is 10.0 Å². The summed E-state index contributed by atoms with van der Waals surface area (Å²) in [5.74, 6) is -0.331. The van der Waals surface area contributed by atoms with Crippen LogP contribution >= 0.6 is 11.6 Å². The Morgan fingerprint density at radius 2 is 1.90 bits per heavy atom. The minimum absolute atomic E-state index is 0.183. The molecule has 6 nitrogen and oxygen atoms in total. The molecule has 0 fully saturated rings. The average Bonchev–Trinajstić information content (AvgIpc) is 2.29. The van der Waals surface area contributed by atoms with Gasteiger partial charge in [0.25, 0.3) is 0 Å². The maximum absolute atomic E-state index is 12.0. The Balaban J connectivity index is 2.88. The molecule has 0 aliphatic heterocycles. The molecule has 4 N–H and O–H groups in total. The van der Waals surface area contributed by atoms with Gasteiger partial charge in [-0.1, -0.05) is 32.4 Å². The largest absolute Gasteiger partial charge is 0.325 e. The van der Waals surface area contributed by atoms with Crippen molar-refractivity contribution in [1.29, 1.82) is 0 Å². The number of hydrogen-bond donors (Lipinski definition) is 3. The third-order valence-electron chi connectivity index (χ3n) is 2.75. The number of nitrogens with one attached hydrogen (secondary N) is 2. The third kappa shape index (κ3) is 5.53. The van der Waals surface area contributed by atoms with Crippen LogP contribution in [0.2, 0.25) is 5.02 Å². The quantitative estimate of drug-likeness (QED) is 0.784. The lowest BCUT2D eigenvalue weighted by Crippen LogP contribution is -2.45. The summed E-state index contributed by atoms with van der Waals surface area (Å²) in [6, 6.07) is 3.81. The molecule has 0 spiro atoms. The van der Waals surface area contributed by atoms with Crippen LogP contribution in [-0.2, 0) is 14.8 Å². The average molecular weight is 334 g/mol. The topological polar surface area (TPSA) is 101 Å². The third-order valence-corrected chi connectivity index (χ3v) is 3.65. The molecule has 0 radical (unpaired) electrons. The minimum Gasteiger partial charge on any atom is -0.325 e. The Kier molecular flexibility index (Phi) is 5.25. The molecule has 0 aliphatic rings. The Hall–Kier alpha value is -1.31. The molecule has 8 heteroatoms. The smallest absolute Gasteiger partial charge is 0.241 e. The van der Waals surface area contributed by atoms with Gasteiger partial charge in [-0.3, -0.25) is 9.52 Å². The number of rotatable bonds is 4. The van der Waals surface area contributed by atoms with Gasteiger partial charge in [0.15, 0.2) is 0 Å². The molecule has 1 amide bonds. The highest BCUT2D eigenvalue weighted by molar-refractivity contribution is 7.92. The highest BCUT2D eigenvalue weighted by atomic mass is 35.5. The van der Waals surface area contributed by atoms with E-state index in [4.69, 9.17) is 17.3 Å². The van der Waals surface area contributed by atoms with Gasteiger partial charge in [-0.05, 0) is 23.6 Å². The summed E-state index contributed by atoms with van der Waals surface area (Å²) in [6.45, 7) is 5.59. The van der Waals surface area contributed by atoms with Crippen molar-refractivity contribution in [2.24, 2.45) is 11.1 Å². The summed E-state index contributed by atoms with van der Waals surface area (Å²) in [4.78, 5) is 12.0. The molecule has 0 saturated carbocycles. The maximum Gasteiger partial charge on any atom is 0.241 e. The number of benzene rings is 1. The second-order valence-electron chi connectivity index (χ2n) is 5.90. The molecule has 0 unspecified atom stereocenters. The van der Waals surface area contributed by atoms with Crippen molar-refractivity contribution >= 4 is 38.9 Å². The summed E-state index contributed by atoms with van der Waals surface area (Å²) in [6.07, 6.45) is 1.03. The molecular weight excluding hydrogens is 314 g/mol. The van der Waals surface area contributed by atoms with Gasteiger partial charge >= 0.3 is 0 Å². The van der Waals surface area contributed by atoms with Crippen molar-refractivity contribution in [1.82, 2.24) is 0 Å². The summed E-state index contributed by atoms with van der Waals surface area (Å²) in [5.41, 5.74) is 6.18. The molecule has 1 rings (SSSR count). The number of carbonyl (C=O) groups excluding carboxylic acids is 1. The van der Waals surface area contributed by atoms with Crippen LogP contribution in [0.1, 0.15) is 20.8 Å². The van der Waals surface area contributed by atoms with E-state index in [1.54, 1.807) is 6.07 Å². The predicted octanol–water partition coefficient (Wildman–Crippen LogP) is 2.02. The van der Waals surface area contributed by atoms with Crippen LogP contribution in [-0.4, -0.2) is 26.6 Å². The Bertz CT molecular complexity index is 639. The van der Waals surface area contributed by atoms with Crippen LogP contribution in [0.3, 0.4) is 0 Å². The summed E-state index contributed by atoms with van der Waals surface area (Å²) in [5, 5.41) is 2.84. The fourth-order valence-corrected chi connectivity index (χ4v) is 2.35. The molecule has 0 aliphatic carbocycles. The lowest BCUT2D eigenvalue weighted by Gasteiger charge is -2.25. The van der Waals surface area contributed by atoms with Gasteiger partial charge in [0.2, 0.25) is 15.9 Å². The van der Waals surface area contributed by atoms with Gasteiger partial charge in [-0.25, -0.2) is 8.42 Å². The number of sulfonamides is 1. The number of amides is 1. The van der Waals surface area contributed by atoms with E-state index in [9.17, 15) is 13.2 Å². The van der Waals surface area contributed by atoms with Crippen LogP contribution in [0.15, 0.2) is 18.2 Å². The molecule has 1 aromatic rings. The normalized spacial score (nSPS) is 13.6. The summed E-state index contributed by atoms with van der Waals surface area (Å²) < 4.78 is 24.6. The number of nitrogens with two attached hydrogens (primary N) is 1. The zero-order valence-electron chi connectivity index (χ0n) is 12.4. The maximum atomic E-state index is 12.0. The van der Waals surface area contributed by atoms with Gasteiger partial charge in [0, 0.05) is 5.69 Å². The Morgan fingerprint density at radius 1 is 1.33 bits per heavy atom. The van der Waals surface area contributed by atoms with Crippen molar-refractivity contribution in [3.05, 3.63) is 23.2 Å². The SMILES string of the molecule is CC(C)(C)[C@@H](N)C(=O)Nc1ccc(NS(C)(=O)=O)c(Cl)c1. The molecule has 0 heterocycles. The number of hydrogen-bond acceptors (Lipinski definition) is 4. The second-order valence-corrected chi connectivity index (χ2v) is 8.06. The number of carbonyl (C=O) groups is 1. The molecule has 1 aromatic carbocycles. The monoisotopic (exact) mass is 333 g/mol. The van der Waals surface area contributed by atoms with Gasteiger partial charge in [0.05, 0.1) is 23.0 Å². The molecule has 21 heavy (non-hydrogen) atoms. The standard InChI is InChI=1S/C13H20ClN3O3S/c1-13(2,3)11(15)12(18)16-8-5-6-10(9(14)7-8)17-21(4,19)20/h5-7,11,17H,15H2,1-4H3,(H,16,18)/t11-/m0/s1. The first-order chi connectivity index (χ1) is 9.40. The fourth-order valence-electron chi connectivity index (χ4n) is 1.49. The van der Waals surface area contributed by atoms with E-state index in [0.717, 1.165) is 6.26 Å². The van der Waals surface area contributed by atoms with Crippen molar-refractivity contribution in [3.63, 3.8) is 0 Å². The summed E-state index contributed by atoms with van der Waals surface area (Å²) in [7, 11) is -3.41. The van der Waals surface area contributed by atoms with Crippen molar-refractivity contribution < 1.29 is 13.2 Å². The van der Waals surface area contributed by atoms with E-state index in [1.807, 2.05) is 20.8 Å². The van der Waals surface area contributed by atoms with Crippen LogP contribution in [0.25, 0.3) is 0 Å². The molecule has 0 aromatic heterocycles. The second kappa shape index (κ2) is 6.21. The number of halogens is 1. The van der Waals surface area contributed by atoms with Gasteiger partial charge in [-0.15, -0.1) is 0 Å². The highest BCUT2D eigenvalue weighted by Gasteiger charge is 2.27. The van der Waals surface area contributed by atoms with E-state index < -0.39 is 16.1 Å². The van der Waals surface area contributed by atoms with E-state index in [0.29, 0.717) is 5.69 Å². The van der Waals surface area contributed by atoms with E-state index in [1.165, 1.54) is 12.1 Å². The van der Waals surface area contributed by atoms with Gasteiger partial charge in [-0.2, -0.15) is 0 Å². The first kappa shape index (κ1) is 17.7. The van der Waals surface area contributed by atoms with E-state index >= 15 is 0 Å². The lowest BCUT2D eigenvalue weighted by atomic mass is 9.87. The van der Waals surface area contributed by atoms with Crippen LogP contribution in [0.4, 0.5) is 11.4 Å². The van der Waals surface area contributed by atoms with Crippen LogP contribution in [0, 0.1) is 5.41 Å². The molecule has 0 bridgehead atoms. The molecule has 1 atom stereocenters. The first-order valence-electron chi connectivity index (χ1n) is 6.24. The van der Waals surface area contributed by atoms with Crippen molar-refractivity contribution in [2.45, 2.75) is 26.8 Å². The van der Waals surface area contributed by atoms with E-state index in [-0.39, 0.29) is 22.0 Å². The van der Waals surface area contributed by atoms with Crippen LogP contribution in [0.5, 0.6) is 0 Å². The van der Waals surface area contributed by atoms with Crippen molar-refractivity contribution in [3.8, 4) is 0 Å². The summed E-state index contributed by atoms with van der Waals surface area (Å²) >= 11 is 5.98. The molecular formula is C13H20ClN3O3S. The highest BCUT2D eigenvalue weighted by Crippen LogP contribution is 2.27. The Morgan fingerprint density at radius 3 is 2.33 bits per heavy atom. The lowest BCUT2D eigenvalue weighted by molar-refractivity contribution is -0.119. The zero-order valence-corrected chi connectivity index (χ0v) is 14.0. The minimum atomic E-state index is -3.41. The molecule has 118 valence electrons. The zero-order chi connectivity index (χ0) is 16.4. The fraction of sp³-hybridized carbons (Fsp3) is 0.462. The first-order valence-corrected chi connectivity index (χ1v) is 8.51. The van der Waals surface area contributed by atoms with Crippen LogP contribution < -0.4 is 15.8 Å². The van der Waals surface area contributed by atoms with Gasteiger partial charge in [0.1, 0.15) is 0 Å². The predicted molar refractivity (Wildman–Crippen MR) is 86.0 cm³/mol. The van der Waals surface area contributed by atoms with Gasteiger partial charge < -0.3 is 11.1 Å².